The maximum atomic E-state index is 12.4. The Morgan fingerprint density at radius 3 is 0.952 bits per heavy atom. The Balaban J connectivity index is 4.13. The summed E-state index contributed by atoms with van der Waals surface area (Å²) < 4.78 is 16.4. The quantitative estimate of drug-likeness (QED) is 0.0436. The maximum Gasteiger partial charge on any atom is 0.306 e. The highest BCUT2D eigenvalue weighted by atomic mass is 16.6. The summed E-state index contributed by atoms with van der Waals surface area (Å²) in [4.78, 5) is 36.8. The summed E-state index contributed by atoms with van der Waals surface area (Å²) in [6.45, 7) is 6.45. The summed E-state index contributed by atoms with van der Waals surface area (Å²) >= 11 is 0. The molecule has 0 spiro atoms. The zero-order valence-electron chi connectivity index (χ0n) is 28.0. The van der Waals surface area contributed by atoms with Gasteiger partial charge in [0.2, 0.25) is 0 Å². The van der Waals surface area contributed by atoms with E-state index in [-0.39, 0.29) is 31.1 Å². The summed E-state index contributed by atoms with van der Waals surface area (Å²) in [5.74, 6) is -0.896. The zero-order valence-corrected chi connectivity index (χ0v) is 28.0. The number of rotatable bonds is 32. The van der Waals surface area contributed by atoms with Gasteiger partial charge in [0.15, 0.2) is 6.10 Å². The van der Waals surface area contributed by atoms with Crippen LogP contribution in [0.25, 0.3) is 0 Å². The summed E-state index contributed by atoms with van der Waals surface area (Å²) in [7, 11) is 0. The Kier molecular flexibility index (Phi) is 31.1. The zero-order chi connectivity index (χ0) is 30.9. The minimum atomic E-state index is -0.752. The van der Waals surface area contributed by atoms with E-state index in [9.17, 15) is 14.4 Å². The van der Waals surface area contributed by atoms with Crippen LogP contribution in [0.15, 0.2) is 0 Å². The number of carbonyl (C=O) groups excluding carboxylic acids is 3. The van der Waals surface area contributed by atoms with Crippen molar-refractivity contribution >= 4 is 17.9 Å². The molecule has 0 aromatic carbocycles. The second-order valence-electron chi connectivity index (χ2n) is 12.2. The van der Waals surface area contributed by atoms with Gasteiger partial charge in [0.25, 0.3) is 0 Å². The number of carbonyl (C=O) groups is 3. The third-order valence-electron chi connectivity index (χ3n) is 7.86. The van der Waals surface area contributed by atoms with Crippen molar-refractivity contribution in [1.82, 2.24) is 0 Å². The molecule has 0 aromatic heterocycles. The largest absolute Gasteiger partial charge is 0.462 e. The highest BCUT2D eigenvalue weighted by Crippen LogP contribution is 2.14. The minimum absolute atomic E-state index is 0.0667. The van der Waals surface area contributed by atoms with Gasteiger partial charge in [-0.05, 0) is 19.3 Å². The molecule has 6 heteroatoms. The van der Waals surface area contributed by atoms with Gasteiger partial charge in [0, 0.05) is 19.3 Å². The highest BCUT2D eigenvalue weighted by molar-refractivity contribution is 5.71. The van der Waals surface area contributed by atoms with E-state index in [2.05, 4.69) is 20.8 Å². The van der Waals surface area contributed by atoms with E-state index >= 15 is 0 Å². The van der Waals surface area contributed by atoms with Gasteiger partial charge in [-0.15, -0.1) is 0 Å². The molecule has 0 amide bonds. The number of unbranched alkanes of at least 4 members (excludes halogenated alkanes) is 21. The normalized spacial score (nSPS) is 11.8. The molecule has 1 atom stereocenters. The van der Waals surface area contributed by atoms with Crippen molar-refractivity contribution in [1.29, 1.82) is 0 Å². The molecule has 0 fully saturated rings. The minimum Gasteiger partial charge on any atom is -0.462 e. The lowest BCUT2D eigenvalue weighted by Crippen LogP contribution is -2.30. The van der Waals surface area contributed by atoms with Crippen LogP contribution in [0.5, 0.6) is 0 Å². The predicted octanol–water partition coefficient (Wildman–Crippen LogP) is 10.6. The van der Waals surface area contributed by atoms with Crippen LogP contribution in [-0.4, -0.2) is 37.2 Å². The Bertz CT molecular complexity index is 620. The standard InChI is InChI=1S/C36H68O6/c1-4-7-10-13-14-15-16-17-18-19-20-21-24-26-29-35(38)41-32-33(42-36(39)30-27-23-12-9-6-3)31-40-34(37)28-25-22-11-8-5-2/h33H,4-32H2,1-3H3. The van der Waals surface area contributed by atoms with Crippen molar-refractivity contribution in [3.63, 3.8) is 0 Å². The number of esters is 3. The summed E-state index contributed by atoms with van der Waals surface area (Å²) in [5.41, 5.74) is 0. The van der Waals surface area contributed by atoms with Crippen molar-refractivity contribution < 1.29 is 28.6 Å². The summed E-state index contributed by atoms with van der Waals surface area (Å²) in [5, 5.41) is 0. The molecule has 0 saturated carbocycles. The van der Waals surface area contributed by atoms with Gasteiger partial charge in [-0.3, -0.25) is 14.4 Å². The van der Waals surface area contributed by atoms with Crippen molar-refractivity contribution in [3.05, 3.63) is 0 Å². The molecule has 0 saturated heterocycles. The first-order valence-corrected chi connectivity index (χ1v) is 18.0. The van der Waals surface area contributed by atoms with Gasteiger partial charge in [0.05, 0.1) is 0 Å². The Labute approximate surface area is 259 Å². The second-order valence-corrected chi connectivity index (χ2v) is 12.2. The van der Waals surface area contributed by atoms with Crippen LogP contribution in [-0.2, 0) is 28.6 Å². The summed E-state index contributed by atoms with van der Waals surface area (Å²) in [6, 6.07) is 0. The molecule has 0 aliphatic rings. The first-order valence-electron chi connectivity index (χ1n) is 18.0. The van der Waals surface area contributed by atoms with E-state index in [1.54, 1.807) is 0 Å². The van der Waals surface area contributed by atoms with Gasteiger partial charge in [-0.25, -0.2) is 0 Å². The fraction of sp³-hybridized carbons (Fsp3) is 0.917. The van der Waals surface area contributed by atoms with Crippen molar-refractivity contribution in [2.45, 2.75) is 200 Å². The van der Waals surface area contributed by atoms with E-state index in [4.69, 9.17) is 14.2 Å². The molecule has 42 heavy (non-hydrogen) atoms. The van der Waals surface area contributed by atoms with Gasteiger partial charge in [-0.2, -0.15) is 0 Å². The third kappa shape index (κ3) is 29.9. The third-order valence-corrected chi connectivity index (χ3v) is 7.86. The molecule has 0 radical (unpaired) electrons. The maximum absolute atomic E-state index is 12.4. The molecule has 0 bridgehead atoms. The van der Waals surface area contributed by atoms with Gasteiger partial charge in [-0.1, -0.05) is 156 Å². The van der Waals surface area contributed by atoms with Crippen LogP contribution in [0.3, 0.4) is 0 Å². The van der Waals surface area contributed by atoms with E-state index in [0.29, 0.717) is 19.3 Å². The Morgan fingerprint density at radius 2 is 0.643 bits per heavy atom. The molecular weight excluding hydrogens is 528 g/mol. The first-order chi connectivity index (χ1) is 20.5. The lowest BCUT2D eigenvalue weighted by atomic mass is 10.0. The molecule has 0 heterocycles. The Morgan fingerprint density at radius 1 is 0.381 bits per heavy atom. The SMILES string of the molecule is CCCCCCCCCCCCCCCCC(=O)OCC(COC(=O)CCCCCCC)OC(=O)CCCCCCC. The molecule has 0 rings (SSSR count). The van der Waals surface area contributed by atoms with Crippen LogP contribution >= 0.6 is 0 Å². The molecule has 6 nitrogen and oxygen atoms in total. The average Bonchev–Trinajstić information content (AvgIpc) is 2.98. The summed E-state index contributed by atoms with van der Waals surface area (Å²) in [6.07, 6.45) is 28.6. The monoisotopic (exact) mass is 597 g/mol. The van der Waals surface area contributed by atoms with E-state index in [1.165, 1.54) is 83.5 Å². The molecule has 0 N–H and O–H groups in total. The predicted molar refractivity (Wildman–Crippen MR) is 173 cm³/mol. The topological polar surface area (TPSA) is 78.9 Å². The van der Waals surface area contributed by atoms with Crippen LogP contribution in [0.2, 0.25) is 0 Å². The molecule has 1 unspecified atom stereocenters. The van der Waals surface area contributed by atoms with E-state index < -0.39 is 6.10 Å². The smallest absolute Gasteiger partial charge is 0.306 e. The van der Waals surface area contributed by atoms with Crippen molar-refractivity contribution in [3.8, 4) is 0 Å². The van der Waals surface area contributed by atoms with Gasteiger partial charge < -0.3 is 14.2 Å². The lowest BCUT2D eigenvalue weighted by molar-refractivity contribution is -0.167. The van der Waals surface area contributed by atoms with Crippen molar-refractivity contribution in [2.24, 2.45) is 0 Å². The van der Waals surface area contributed by atoms with Gasteiger partial charge in [0.1, 0.15) is 13.2 Å². The highest BCUT2D eigenvalue weighted by Gasteiger charge is 2.19. The fourth-order valence-corrected chi connectivity index (χ4v) is 5.09. The molecular formula is C36H68O6. The molecule has 248 valence electrons. The van der Waals surface area contributed by atoms with Crippen LogP contribution < -0.4 is 0 Å². The fourth-order valence-electron chi connectivity index (χ4n) is 5.09. The van der Waals surface area contributed by atoms with Crippen LogP contribution in [0, 0.1) is 0 Å². The number of hydrogen-bond acceptors (Lipinski definition) is 6. The molecule has 0 aromatic rings. The molecule has 0 aliphatic heterocycles. The first kappa shape index (κ1) is 40.4. The van der Waals surface area contributed by atoms with E-state index in [0.717, 1.165) is 70.6 Å². The number of ether oxygens (including phenoxy) is 3. The Hall–Kier alpha value is -1.59. The lowest BCUT2D eigenvalue weighted by Gasteiger charge is -2.18. The average molecular weight is 597 g/mol. The second kappa shape index (κ2) is 32.3. The van der Waals surface area contributed by atoms with Crippen molar-refractivity contribution in [2.75, 3.05) is 13.2 Å². The molecule has 0 aliphatic carbocycles. The number of hydrogen-bond donors (Lipinski definition) is 0. The van der Waals surface area contributed by atoms with E-state index in [1.807, 2.05) is 0 Å². The van der Waals surface area contributed by atoms with Gasteiger partial charge >= 0.3 is 17.9 Å². The van der Waals surface area contributed by atoms with Crippen LogP contribution in [0.1, 0.15) is 194 Å². The van der Waals surface area contributed by atoms with Crippen LogP contribution in [0.4, 0.5) is 0 Å².